The Kier molecular flexibility index (Phi) is 6.27. The standard InChI is InChI=1S/C20H31N3O/c1-2-22(16-18-8-4-3-5-9-18)20(24)17-21-12-14-23(15-13-21)19-10-6-7-11-19/h3-5,8-9,19H,2,6-7,10-17H2,1H3. The molecule has 1 heterocycles. The normalized spacial score (nSPS) is 20.4. The van der Waals surface area contributed by atoms with Crippen molar-refractivity contribution in [2.45, 2.75) is 45.2 Å². The number of amides is 1. The third kappa shape index (κ3) is 4.58. The number of rotatable bonds is 6. The van der Waals surface area contributed by atoms with Crippen LogP contribution in [0.5, 0.6) is 0 Å². The molecule has 0 aromatic heterocycles. The Bertz CT molecular complexity index is 505. The zero-order chi connectivity index (χ0) is 16.8. The highest BCUT2D eigenvalue weighted by Crippen LogP contribution is 2.24. The first kappa shape index (κ1) is 17.4. The minimum absolute atomic E-state index is 0.260. The molecule has 1 amide bonds. The molecule has 0 spiro atoms. The molecular formula is C20H31N3O. The molecule has 1 aromatic rings. The lowest BCUT2D eigenvalue weighted by molar-refractivity contribution is -0.133. The summed E-state index contributed by atoms with van der Waals surface area (Å²) in [7, 11) is 0. The first-order chi connectivity index (χ1) is 11.8. The molecule has 1 aliphatic heterocycles. The van der Waals surface area contributed by atoms with Crippen LogP contribution in [0.4, 0.5) is 0 Å². The zero-order valence-electron chi connectivity index (χ0n) is 15.0. The van der Waals surface area contributed by atoms with Gasteiger partial charge in [-0.05, 0) is 25.3 Å². The maximum Gasteiger partial charge on any atom is 0.237 e. The van der Waals surface area contributed by atoms with Crippen LogP contribution in [-0.4, -0.2) is 65.9 Å². The number of carbonyl (C=O) groups is 1. The zero-order valence-corrected chi connectivity index (χ0v) is 15.0. The minimum atomic E-state index is 0.260. The highest BCUT2D eigenvalue weighted by molar-refractivity contribution is 5.78. The fourth-order valence-electron chi connectivity index (χ4n) is 4.03. The van der Waals surface area contributed by atoms with E-state index in [-0.39, 0.29) is 5.91 Å². The van der Waals surface area contributed by atoms with Gasteiger partial charge in [0.25, 0.3) is 0 Å². The first-order valence-electron chi connectivity index (χ1n) is 9.54. The van der Waals surface area contributed by atoms with Crippen molar-refractivity contribution < 1.29 is 4.79 Å². The molecule has 1 saturated heterocycles. The van der Waals surface area contributed by atoms with Gasteiger partial charge < -0.3 is 4.90 Å². The Balaban J connectivity index is 1.45. The van der Waals surface area contributed by atoms with Gasteiger partial charge in [0, 0.05) is 45.3 Å². The molecule has 0 unspecified atom stereocenters. The van der Waals surface area contributed by atoms with E-state index in [1.165, 1.54) is 31.2 Å². The molecule has 1 aromatic carbocycles. The summed E-state index contributed by atoms with van der Waals surface area (Å²) < 4.78 is 0. The van der Waals surface area contributed by atoms with E-state index in [2.05, 4.69) is 28.9 Å². The number of carbonyl (C=O) groups excluding carboxylic acids is 1. The lowest BCUT2D eigenvalue weighted by Gasteiger charge is -2.38. The predicted octanol–water partition coefficient (Wildman–Crippen LogP) is 2.60. The molecule has 4 heteroatoms. The van der Waals surface area contributed by atoms with Crippen molar-refractivity contribution >= 4 is 5.91 Å². The van der Waals surface area contributed by atoms with Gasteiger partial charge in [-0.2, -0.15) is 0 Å². The fraction of sp³-hybridized carbons (Fsp3) is 0.650. The Morgan fingerprint density at radius 2 is 1.75 bits per heavy atom. The molecule has 24 heavy (non-hydrogen) atoms. The third-order valence-corrected chi connectivity index (χ3v) is 5.56. The second-order valence-electron chi connectivity index (χ2n) is 7.14. The van der Waals surface area contributed by atoms with Crippen LogP contribution in [0.2, 0.25) is 0 Å². The Labute approximate surface area is 146 Å². The Morgan fingerprint density at radius 3 is 2.38 bits per heavy atom. The highest BCUT2D eigenvalue weighted by atomic mass is 16.2. The van der Waals surface area contributed by atoms with Gasteiger partial charge in [0.1, 0.15) is 0 Å². The van der Waals surface area contributed by atoms with Gasteiger partial charge in [-0.25, -0.2) is 0 Å². The summed E-state index contributed by atoms with van der Waals surface area (Å²) >= 11 is 0. The molecule has 2 fully saturated rings. The molecular weight excluding hydrogens is 298 g/mol. The summed E-state index contributed by atoms with van der Waals surface area (Å²) in [5.41, 5.74) is 1.21. The summed E-state index contributed by atoms with van der Waals surface area (Å²) in [6.45, 7) is 8.45. The molecule has 0 atom stereocenters. The number of piperazine rings is 1. The molecule has 1 saturated carbocycles. The number of nitrogens with zero attached hydrogens (tertiary/aromatic N) is 3. The van der Waals surface area contributed by atoms with Crippen LogP contribution >= 0.6 is 0 Å². The van der Waals surface area contributed by atoms with E-state index in [9.17, 15) is 4.79 Å². The van der Waals surface area contributed by atoms with Crippen molar-refractivity contribution in [3.63, 3.8) is 0 Å². The van der Waals surface area contributed by atoms with Crippen LogP contribution in [0.1, 0.15) is 38.2 Å². The lowest BCUT2D eigenvalue weighted by atomic mass is 10.2. The minimum Gasteiger partial charge on any atom is -0.338 e. The second-order valence-corrected chi connectivity index (χ2v) is 7.14. The van der Waals surface area contributed by atoms with Gasteiger partial charge in [0.15, 0.2) is 0 Å². The van der Waals surface area contributed by atoms with Crippen LogP contribution in [0.25, 0.3) is 0 Å². The Morgan fingerprint density at radius 1 is 1.08 bits per heavy atom. The summed E-state index contributed by atoms with van der Waals surface area (Å²) in [5, 5.41) is 0. The van der Waals surface area contributed by atoms with Crippen molar-refractivity contribution in [1.29, 1.82) is 0 Å². The van der Waals surface area contributed by atoms with Crippen LogP contribution in [0, 0.1) is 0 Å². The summed E-state index contributed by atoms with van der Waals surface area (Å²) in [6, 6.07) is 11.1. The van der Waals surface area contributed by atoms with Gasteiger partial charge in [-0.1, -0.05) is 43.2 Å². The molecule has 132 valence electrons. The molecule has 2 aliphatic rings. The Hall–Kier alpha value is -1.39. The largest absolute Gasteiger partial charge is 0.338 e. The monoisotopic (exact) mass is 329 g/mol. The van der Waals surface area contributed by atoms with Gasteiger partial charge in [-0.15, -0.1) is 0 Å². The van der Waals surface area contributed by atoms with E-state index < -0.39 is 0 Å². The summed E-state index contributed by atoms with van der Waals surface area (Å²) in [6.07, 6.45) is 5.54. The van der Waals surface area contributed by atoms with E-state index in [0.717, 1.165) is 45.3 Å². The topological polar surface area (TPSA) is 26.8 Å². The average Bonchev–Trinajstić information content (AvgIpc) is 3.16. The third-order valence-electron chi connectivity index (χ3n) is 5.56. The van der Waals surface area contributed by atoms with Crippen LogP contribution in [0.15, 0.2) is 30.3 Å². The van der Waals surface area contributed by atoms with Gasteiger partial charge >= 0.3 is 0 Å². The number of hydrogen-bond donors (Lipinski definition) is 0. The fourth-order valence-corrected chi connectivity index (χ4v) is 4.03. The second kappa shape index (κ2) is 8.63. The number of hydrogen-bond acceptors (Lipinski definition) is 3. The van der Waals surface area contributed by atoms with E-state index in [0.29, 0.717) is 6.54 Å². The van der Waals surface area contributed by atoms with Crippen molar-refractivity contribution in [3.8, 4) is 0 Å². The smallest absolute Gasteiger partial charge is 0.237 e. The maximum absolute atomic E-state index is 12.7. The van der Waals surface area contributed by atoms with E-state index >= 15 is 0 Å². The molecule has 1 aliphatic carbocycles. The number of benzene rings is 1. The average molecular weight is 329 g/mol. The van der Waals surface area contributed by atoms with Crippen molar-refractivity contribution in [3.05, 3.63) is 35.9 Å². The molecule has 0 radical (unpaired) electrons. The van der Waals surface area contributed by atoms with Gasteiger partial charge in [0.2, 0.25) is 5.91 Å². The molecule has 0 N–H and O–H groups in total. The van der Waals surface area contributed by atoms with E-state index in [4.69, 9.17) is 0 Å². The first-order valence-corrected chi connectivity index (χ1v) is 9.54. The van der Waals surface area contributed by atoms with Crippen molar-refractivity contribution in [1.82, 2.24) is 14.7 Å². The highest BCUT2D eigenvalue weighted by Gasteiger charge is 2.27. The van der Waals surface area contributed by atoms with Crippen molar-refractivity contribution in [2.75, 3.05) is 39.3 Å². The lowest BCUT2D eigenvalue weighted by Crippen LogP contribution is -2.52. The van der Waals surface area contributed by atoms with Crippen molar-refractivity contribution in [2.24, 2.45) is 0 Å². The van der Waals surface area contributed by atoms with E-state index in [1.54, 1.807) is 0 Å². The molecule has 4 nitrogen and oxygen atoms in total. The predicted molar refractivity (Wildman–Crippen MR) is 97.8 cm³/mol. The molecule has 3 rings (SSSR count). The van der Waals surface area contributed by atoms with Crippen LogP contribution < -0.4 is 0 Å². The van der Waals surface area contributed by atoms with Crippen LogP contribution in [-0.2, 0) is 11.3 Å². The quantitative estimate of drug-likeness (QED) is 0.803. The summed E-state index contributed by atoms with van der Waals surface area (Å²) in [4.78, 5) is 19.6. The summed E-state index contributed by atoms with van der Waals surface area (Å²) in [5.74, 6) is 0.260. The van der Waals surface area contributed by atoms with Gasteiger partial charge in [0.05, 0.1) is 6.54 Å². The van der Waals surface area contributed by atoms with Gasteiger partial charge in [-0.3, -0.25) is 14.6 Å². The number of likely N-dealkylation sites (N-methyl/N-ethyl adjacent to an activating group) is 1. The maximum atomic E-state index is 12.7. The van der Waals surface area contributed by atoms with Crippen LogP contribution in [0.3, 0.4) is 0 Å². The molecule has 0 bridgehead atoms. The SMILES string of the molecule is CCN(Cc1ccccc1)C(=O)CN1CCN(C2CCCC2)CC1. The van der Waals surface area contributed by atoms with E-state index in [1.807, 2.05) is 23.1 Å².